The predicted octanol–water partition coefficient (Wildman–Crippen LogP) is 2.92. The molecular weight excluding hydrogens is 226 g/mol. The number of aromatic nitrogens is 2. The maximum atomic E-state index is 5.94. The van der Waals surface area contributed by atoms with Crippen molar-refractivity contribution in [3.05, 3.63) is 17.6 Å². The van der Waals surface area contributed by atoms with E-state index in [4.69, 9.17) is 4.74 Å². The molecular formula is C14H23N3O. The van der Waals surface area contributed by atoms with Crippen LogP contribution < -0.4 is 5.32 Å². The van der Waals surface area contributed by atoms with Gasteiger partial charge in [0.2, 0.25) is 0 Å². The molecule has 1 aliphatic rings. The Morgan fingerprint density at radius 2 is 2.22 bits per heavy atom. The molecule has 0 bridgehead atoms. The van der Waals surface area contributed by atoms with Crippen molar-refractivity contribution in [1.29, 1.82) is 0 Å². The van der Waals surface area contributed by atoms with Crippen LogP contribution in [0.2, 0.25) is 0 Å². The van der Waals surface area contributed by atoms with E-state index < -0.39 is 0 Å². The van der Waals surface area contributed by atoms with Gasteiger partial charge in [-0.25, -0.2) is 9.97 Å². The van der Waals surface area contributed by atoms with E-state index in [1.165, 1.54) is 25.7 Å². The van der Waals surface area contributed by atoms with E-state index in [0.717, 1.165) is 23.3 Å². The Kier molecular flexibility index (Phi) is 4.53. The first-order chi connectivity index (χ1) is 8.67. The van der Waals surface area contributed by atoms with Crippen molar-refractivity contribution in [3.8, 4) is 0 Å². The molecule has 1 heterocycles. The summed E-state index contributed by atoms with van der Waals surface area (Å²) < 4.78 is 5.94. The lowest BCUT2D eigenvalue weighted by atomic mass is 9.89. The number of nitrogens with zero attached hydrogens (tertiary/aromatic N) is 2. The lowest BCUT2D eigenvalue weighted by Gasteiger charge is -2.26. The van der Waals surface area contributed by atoms with Crippen molar-refractivity contribution >= 4 is 5.82 Å². The van der Waals surface area contributed by atoms with Crippen LogP contribution in [-0.4, -0.2) is 23.1 Å². The summed E-state index contributed by atoms with van der Waals surface area (Å²) in [5.74, 6) is 2.42. The third kappa shape index (κ3) is 3.67. The number of ether oxygens (including phenoxy) is 1. The monoisotopic (exact) mass is 249 g/mol. The highest BCUT2D eigenvalue weighted by molar-refractivity contribution is 5.34. The maximum Gasteiger partial charge on any atom is 0.156 e. The summed E-state index contributed by atoms with van der Waals surface area (Å²) in [5.41, 5.74) is 0.977. The topological polar surface area (TPSA) is 47.0 Å². The molecule has 4 nitrogen and oxygen atoms in total. The first kappa shape index (κ1) is 13.3. The van der Waals surface area contributed by atoms with E-state index in [2.05, 4.69) is 22.2 Å². The average Bonchev–Trinajstić information content (AvgIpc) is 2.36. The summed E-state index contributed by atoms with van der Waals surface area (Å²) in [7, 11) is 1.87. The molecule has 100 valence electrons. The molecule has 0 aromatic carbocycles. The third-order valence-electron chi connectivity index (χ3n) is 3.49. The zero-order valence-electron chi connectivity index (χ0n) is 11.6. The Hall–Kier alpha value is -1.16. The minimum atomic E-state index is 0.385. The van der Waals surface area contributed by atoms with Gasteiger partial charge in [-0.15, -0.1) is 0 Å². The second-order valence-corrected chi connectivity index (χ2v) is 5.27. The molecule has 0 radical (unpaired) electrons. The summed E-state index contributed by atoms with van der Waals surface area (Å²) >= 11 is 0. The van der Waals surface area contributed by atoms with E-state index in [1.807, 2.05) is 20.0 Å². The van der Waals surface area contributed by atoms with Gasteiger partial charge < -0.3 is 10.1 Å². The summed E-state index contributed by atoms with van der Waals surface area (Å²) in [5, 5.41) is 3.05. The molecule has 0 spiro atoms. The van der Waals surface area contributed by atoms with E-state index in [-0.39, 0.29) is 0 Å². The Morgan fingerprint density at radius 1 is 1.39 bits per heavy atom. The fraction of sp³-hybridized carbons (Fsp3) is 0.714. The summed E-state index contributed by atoms with van der Waals surface area (Å²) in [6, 6.07) is 1.94. The zero-order valence-corrected chi connectivity index (χ0v) is 11.6. The molecule has 4 heteroatoms. The zero-order chi connectivity index (χ0) is 13.0. The van der Waals surface area contributed by atoms with Crippen LogP contribution >= 0.6 is 0 Å². The van der Waals surface area contributed by atoms with Crippen molar-refractivity contribution in [2.45, 2.75) is 52.2 Å². The summed E-state index contributed by atoms with van der Waals surface area (Å²) in [4.78, 5) is 8.82. The lowest BCUT2D eigenvalue weighted by molar-refractivity contribution is 0.00161. The van der Waals surface area contributed by atoms with Gasteiger partial charge in [-0.3, -0.25) is 0 Å². The van der Waals surface area contributed by atoms with Gasteiger partial charge in [0.1, 0.15) is 12.4 Å². The highest BCUT2D eigenvalue weighted by Crippen LogP contribution is 2.26. The van der Waals surface area contributed by atoms with Crippen molar-refractivity contribution in [3.63, 3.8) is 0 Å². The second kappa shape index (κ2) is 6.14. The molecule has 2 atom stereocenters. The minimum Gasteiger partial charge on any atom is -0.373 e. The molecule has 2 rings (SSSR count). The SMILES string of the molecule is CNc1cc(C)nc(COC2CCCC(C)C2)n1. The van der Waals surface area contributed by atoms with Gasteiger partial charge in [0, 0.05) is 18.8 Å². The molecule has 1 N–H and O–H groups in total. The maximum absolute atomic E-state index is 5.94. The first-order valence-corrected chi connectivity index (χ1v) is 6.81. The van der Waals surface area contributed by atoms with E-state index in [9.17, 15) is 0 Å². The lowest BCUT2D eigenvalue weighted by Crippen LogP contribution is -2.21. The quantitative estimate of drug-likeness (QED) is 0.891. The highest BCUT2D eigenvalue weighted by Gasteiger charge is 2.19. The largest absolute Gasteiger partial charge is 0.373 e. The number of aryl methyl sites for hydroxylation is 1. The van der Waals surface area contributed by atoms with Gasteiger partial charge in [0.05, 0.1) is 6.10 Å². The Morgan fingerprint density at radius 3 is 2.94 bits per heavy atom. The Labute approximate surface area is 109 Å². The molecule has 0 aliphatic heterocycles. The fourth-order valence-corrected chi connectivity index (χ4v) is 2.54. The average molecular weight is 249 g/mol. The van der Waals surface area contributed by atoms with Crippen LogP contribution in [0.3, 0.4) is 0 Å². The standard InChI is InChI=1S/C14H23N3O/c1-10-5-4-6-12(7-10)18-9-14-16-11(2)8-13(15-3)17-14/h8,10,12H,4-7,9H2,1-3H3,(H,15,16,17). The van der Waals surface area contributed by atoms with Crippen molar-refractivity contribution in [2.75, 3.05) is 12.4 Å². The second-order valence-electron chi connectivity index (χ2n) is 5.27. The molecule has 1 fully saturated rings. The molecule has 18 heavy (non-hydrogen) atoms. The number of hydrogen-bond acceptors (Lipinski definition) is 4. The summed E-state index contributed by atoms with van der Waals surface area (Å²) in [6.45, 7) is 4.81. The molecule has 1 aliphatic carbocycles. The molecule has 0 saturated heterocycles. The predicted molar refractivity (Wildman–Crippen MR) is 72.5 cm³/mol. The van der Waals surface area contributed by atoms with Crippen LogP contribution in [0.5, 0.6) is 0 Å². The van der Waals surface area contributed by atoms with E-state index >= 15 is 0 Å². The van der Waals surface area contributed by atoms with Crippen molar-refractivity contribution in [2.24, 2.45) is 5.92 Å². The normalized spacial score (nSPS) is 23.9. The number of rotatable bonds is 4. The van der Waals surface area contributed by atoms with Crippen LogP contribution in [-0.2, 0) is 11.3 Å². The van der Waals surface area contributed by atoms with Gasteiger partial charge in [-0.1, -0.05) is 19.8 Å². The first-order valence-electron chi connectivity index (χ1n) is 6.81. The highest BCUT2D eigenvalue weighted by atomic mass is 16.5. The smallest absolute Gasteiger partial charge is 0.156 e. The summed E-state index contributed by atoms with van der Waals surface area (Å²) in [6.07, 6.45) is 5.35. The third-order valence-corrected chi connectivity index (χ3v) is 3.49. The van der Waals surface area contributed by atoms with E-state index in [1.54, 1.807) is 0 Å². The number of hydrogen-bond donors (Lipinski definition) is 1. The van der Waals surface area contributed by atoms with Gasteiger partial charge in [-0.05, 0) is 25.7 Å². The number of anilines is 1. The van der Waals surface area contributed by atoms with E-state index in [0.29, 0.717) is 12.7 Å². The Balaban J connectivity index is 1.91. The fourth-order valence-electron chi connectivity index (χ4n) is 2.54. The van der Waals surface area contributed by atoms with Crippen LogP contribution in [0.1, 0.15) is 44.1 Å². The minimum absolute atomic E-state index is 0.385. The van der Waals surface area contributed by atoms with Crippen LogP contribution in [0.25, 0.3) is 0 Å². The van der Waals surface area contributed by atoms with Crippen LogP contribution in [0, 0.1) is 12.8 Å². The van der Waals surface area contributed by atoms with Gasteiger partial charge in [0.25, 0.3) is 0 Å². The molecule has 0 amide bonds. The van der Waals surface area contributed by atoms with Crippen molar-refractivity contribution < 1.29 is 4.74 Å². The molecule has 2 unspecified atom stereocenters. The van der Waals surface area contributed by atoms with Gasteiger partial charge in [0.15, 0.2) is 5.82 Å². The van der Waals surface area contributed by atoms with Gasteiger partial charge in [-0.2, -0.15) is 0 Å². The number of nitrogens with one attached hydrogen (secondary N) is 1. The van der Waals surface area contributed by atoms with Crippen molar-refractivity contribution in [1.82, 2.24) is 9.97 Å². The van der Waals surface area contributed by atoms with Crippen LogP contribution in [0.4, 0.5) is 5.82 Å². The molecule has 1 aromatic heterocycles. The van der Waals surface area contributed by atoms with Crippen LogP contribution in [0.15, 0.2) is 6.07 Å². The molecule has 1 saturated carbocycles. The van der Waals surface area contributed by atoms with Gasteiger partial charge >= 0.3 is 0 Å². The molecule has 1 aromatic rings. The Bertz CT molecular complexity index is 395.